The number of anilines is 2. The Morgan fingerprint density at radius 2 is 1.85 bits per heavy atom. The highest BCUT2D eigenvalue weighted by Gasteiger charge is 2.30. The lowest BCUT2D eigenvalue weighted by Crippen LogP contribution is -2.51. The monoisotopic (exact) mass is 375 g/mol. The topological polar surface area (TPSA) is 71.0 Å². The highest BCUT2D eigenvalue weighted by molar-refractivity contribution is 5.81. The minimum Gasteiger partial charge on any atom is -0.378 e. The molecule has 0 unspecified atom stereocenters. The van der Waals surface area contributed by atoms with Crippen LogP contribution in [0.1, 0.15) is 25.5 Å². The van der Waals surface area contributed by atoms with Gasteiger partial charge in [-0.3, -0.25) is 4.79 Å². The Morgan fingerprint density at radius 1 is 1.07 bits per heavy atom. The maximum Gasteiger partial charge on any atom is 0.251 e. The van der Waals surface area contributed by atoms with Gasteiger partial charge in [0.25, 0.3) is 5.91 Å². The van der Waals surface area contributed by atoms with Gasteiger partial charge in [0.2, 0.25) is 5.95 Å². The summed E-state index contributed by atoms with van der Waals surface area (Å²) in [4.78, 5) is 28.5. The summed E-state index contributed by atoms with van der Waals surface area (Å²) in [5.74, 6) is 1.91. The molecule has 27 heavy (non-hydrogen) atoms. The SMILES string of the molecule is CCc1cc(N2CCN(C(=O)[C@H]3CCCO3)CC2)nc(N2CCOCC2)n1. The predicted octanol–water partition coefficient (Wildman–Crippen LogP) is 0.703. The molecule has 4 heterocycles. The number of carbonyl (C=O) groups is 1. The van der Waals surface area contributed by atoms with Crippen molar-refractivity contribution in [3.05, 3.63) is 11.8 Å². The third-order valence-corrected chi connectivity index (χ3v) is 5.53. The lowest BCUT2D eigenvalue weighted by Gasteiger charge is -2.37. The fraction of sp³-hybridized carbons (Fsp3) is 0.737. The van der Waals surface area contributed by atoms with Crippen molar-refractivity contribution < 1.29 is 14.3 Å². The number of ether oxygens (including phenoxy) is 2. The minimum absolute atomic E-state index is 0.151. The van der Waals surface area contributed by atoms with Crippen molar-refractivity contribution in [2.24, 2.45) is 0 Å². The van der Waals surface area contributed by atoms with E-state index in [2.05, 4.69) is 22.8 Å². The van der Waals surface area contributed by atoms with Gasteiger partial charge < -0.3 is 24.2 Å². The molecule has 0 aromatic carbocycles. The first-order valence-electron chi connectivity index (χ1n) is 10.1. The van der Waals surface area contributed by atoms with Crippen LogP contribution in [0.5, 0.6) is 0 Å². The van der Waals surface area contributed by atoms with Crippen molar-refractivity contribution in [2.45, 2.75) is 32.3 Å². The number of rotatable bonds is 4. The zero-order valence-corrected chi connectivity index (χ0v) is 16.1. The molecule has 0 bridgehead atoms. The summed E-state index contributed by atoms with van der Waals surface area (Å²) in [7, 11) is 0. The van der Waals surface area contributed by atoms with Crippen LogP contribution in [0.2, 0.25) is 0 Å². The van der Waals surface area contributed by atoms with E-state index in [0.717, 1.165) is 89.2 Å². The van der Waals surface area contributed by atoms with Gasteiger partial charge in [0, 0.05) is 57.6 Å². The molecule has 3 saturated heterocycles. The van der Waals surface area contributed by atoms with E-state index in [1.807, 2.05) is 4.90 Å². The van der Waals surface area contributed by atoms with Crippen LogP contribution in [0.3, 0.4) is 0 Å². The Morgan fingerprint density at radius 3 is 2.52 bits per heavy atom. The van der Waals surface area contributed by atoms with Crippen LogP contribution in [0.15, 0.2) is 6.07 Å². The van der Waals surface area contributed by atoms with Gasteiger partial charge in [-0.05, 0) is 19.3 Å². The zero-order valence-electron chi connectivity index (χ0n) is 16.1. The van der Waals surface area contributed by atoms with E-state index < -0.39 is 0 Å². The van der Waals surface area contributed by atoms with Gasteiger partial charge in [0.05, 0.1) is 13.2 Å². The van der Waals surface area contributed by atoms with Crippen LogP contribution in [0.4, 0.5) is 11.8 Å². The molecule has 3 fully saturated rings. The largest absolute Gasteiger partial charge is 0.378 e. The third-order valence-electron chi connectivity index (χ3n) is 5.53. The van der Waals surface area contributed by atoms with Crippen molar-refractivity contribution in [3.63, 3.8) is 0 Å². The number of nitrogens with zero attached hydrogens (tertiary/aromatic N) is 5. The van der Waals surface area contributed by atoms with Crippen LogP contribution in [0, 0.1) is 0 Å². The molecule has 1 aromatic heterocycles. The number of aromatic nitrogens is 2. The molecule has 8 nitrogen and oxygen atoms in total. The zero-order chi connectivity index (χ0) is 18.6. The van der Waals surface area contributed by atoms with Crippen LogP contribution >= 0.6 is 0 Å². The number of piperazine rings is 1. The van der Waals surface area contributed by atoms with E-state index in [4.69, 9.17) is 19.4 Å². The van der Waals surface area contributed by atoms with Crippen molar-refractivity contribution >= 4 is 17.7 Å². The van der Waals surface area contributed by atoms with E-state index in [0.29, 0.717) is 6.61 Å². The van der Waals surface area contributed by atoms with Crippen LogP contribution < -0.4 is 9.80 Å². The number of hydrogen-bond acceptors (Lipinski definition) is 7. The van der Waals surface area contributed by atoms with Gasteiger partial charge in [0.1, 0.15) is 11.9 Å². The molecule has 3 aliphatic heterocycles. The average Bonchev–Trinajstić information content (AvgIpc) is 3.28. The second kappa shape index (κ2) is 8.39. The average molecular weight is 375 g/mol. The quantitative estimate of drug-likeness (QED) is 0.767. The van der Waals surface area contributed by atoms with Crippen molar-refractivity contribution in [1.82, 2.24) is 14.9 Å². The molecule has 4 rings (SSSR count). The molecule has 8 heteroatoms. The molecule has 1 atom stereocenters. The maximum atomic E-state index is 12.5. The first-order valence-corrected chi connectivity index (χ1v) is 10.1. The van der Waals surface area contributed by atoms with Crippen molar-refractivity contribution in [3.8, 4) is 0 Å². The Bertz CT molecular complexity index is 651. The van der Waals surface area contributed by atoms with Crippen molar-refractivity contribution in [1.29, 1.82) is 0 Å². The lowest BCUT2D eigenvalue weighted by atomic mass is 10.2. The second-order valence-electron chi connectivity index (χ2n) is 7.28. The molecule has 148 valence electrons. The summed E-state index contributed by atoms with van der Waals surface area (Å²) in [5, 5.41) is 0. The molecule has 0 N–H and O–H groups in total. The molecule has 0 spiro atoms. The van der Waals surface area contributed by atoms with Gasteiger partial charge in [-0.1, -0.05) is 6.92 Å². The first kappa shape index (κ1) is 18.4. The molecule has 0 radical (unpaired) electrons. The highest BCUT2D eigenvalue weighted by atomic mass is 16.5. The maximum absolute atomic E-state index is 12.5. The Balaban J connectivity index is 1.43. The third kappa shape index (κ3) is 4.16. The normalized spacial score (nSPS) is 23.7. The molecule has 1 amide bonds. The number of amides is 1. The molecule has 0 aliphatic carbocycles. The minimum atomic E-state index is -0.227. The summed E-state index contributed by atoms with van der Waals surface area (Å²) < 4.78 is 11.0. The Hall–Kier alpha value is -1.93. The fourth-order valence-corrected chi connectivity index (χ4v) is 3.85. The molecular weight excluding hydrogens is 346 g/mol. The van der Waals surface area contributed by atoms with Crippen LogP contribution in [-0.2, 0) is 20.7 Å². The summed E-state index contributed by atoms with van der Waals surface area (Å²) in [6, 6.07) is 2.08. The summed E-state index contributed by atoms with van der Waals surface area (Å²) in [5.41, 5.74) is 1.05. The standard InChI is InChI=1S/C19H29N5O3/c1-2-15-14-17(21-19(20-15)24-9-12-26-13-10-24)22-5-7-23(8-6-22)18(25)16-4-3-11-27-16/h14,16H,2-13H2,1H3/t16-/m1/s1. The molecule has 1 aromatic rings. The number of hydrogen-bond donors (Lipinski definition) is 0. The highest BCUT2D eigenvalue weighted by Crippen LogP contribution is 2.22. The number of carbonyl (C=O) groups excluding carboxylic acids is 1. The van der Waals surface area contributed by atoms with Crippen LogP contribution in [-0.4, -0.2) is 86.0 Å². The van der Waals surface area contributed by atoms with E-state index in [-0.39, 0.29) is 12.0 Å². The van der Waals surface area contributed by atoms with Gasteiger partial charge in [-0.15, -0.1) is 0 Å². The predicted molar refractivity (Wildman–Crippen MR) is 102 cm³/mol. The number of morpholine rings is 1. The molecular formula is C19H29N5O3. The smallest absolute Gasteiger partial charge is 0.251 e. The summed E-state index contributed by atoms with van der Waals surface area (Å²) in [6.07, 6.45) is 2.50. The van der Waals surface area contributed by atoms with E-state index in [1.165, 1.54) is 0 Å². The van der Waals surface area contributed by atoms with Gasteiger partial charge >= 0.3 is 0 Å². The van der Waals surface area contributed by atoms with E-state index in [9.17, 15) is 4.79 Å². The van der Waals surface area contributed by atoms with Crippen molar-refractivity contribution in [2.75, 3.05) is 68.9 Å². The molecule has 3 aliphatic rings. The summed E-state index contributed by atoms with van der Waals surface area (Å²) >= 11 is 0. The van der Waals surface area contributed by atoms with E-state index >= 15 is 0 Å². The Labute approximate surface area is 160 Å². The second-order valence-corrected chi connectivity index (χ2v) is 7.28. The van der Waals surface area contributed by atoms with Gasteiger partial charge in [-0.2, -0.15) is 4.98 Å². The Kier molecular flexibility index (Phi) is 5.73. The molecule has 0 saturated carbocycles. The number of aryl methyl sites for hydroxylation is 1. The lowest BCUT2D eigenvalue weighted by molar-refractivity contribution is -0.141. The van der Waals surface area contributed by atoms with E-state index in [1.54, 1.807) is 0 Å². The van der Waals surface area contributed by atoms with Crippen LogP contribution in [0.25, 0.3) is 0 Å². The fourth-order valence-electron chi connectivity index (χ4n) is 3.85. The van der Waals surface area contributed by atoms with Gasteiger partial charge in [-0.25, -0.2) is 4.98 Å². The van der Waals surface area contributed by atoms with Gasteiger partial charge in [0.15, 0.2) is 0 Å². The summed E-state index contributed by atoms with van der Waals surface area (Å²) in [6.45, 7) is 8.95. The first-order chi connectivity index (χ1) is 13.2.